The number of aryl methyl sites for hydroxylation is 1. The number of carbonyl (C=O) groups is 1. The van der Waals surface area contributed by atoms with Crippen molar-refractivity contribution in [1.82, 2.24) is 14.9 Å². The number of aromatic nitrogens is 2. The number of primary amides is 1. The van der Waals surface area contributed by atoms with Gasteiger partial charge in [0.15, 0.2) is 0 Å². The summed E-state index contributed by atoms with van der Waals surface area (Å²) >= 11 is 1.14. The minimum Gasteiger partial charge on any atom is -0.487 e. The number of nitrogens with two attached hydrogens (primary N) is 1. The summed E-state index contributed by atoms with van der Waals surface area (Å²) in [5.74, 6) is -0.592. The van der Waals surface area contributed by atoms with Crippen molar-refractivity contribution in [3.8, 4) is 5.75 Å². The van der Waals surface area contributed by atoms with Gasteiger partial charge < -0.3 is 15.8 Å². The van der Waals surface area contributed by atoms with Crippen LogP contribution < -0.4 is 15.8 Å². The van der Waals surface area contributed by atoms with E-state index >= 15 is 0 Å². The van der Waals surface area contributed by atoms with E-state index in [9.17, 15) is 22.4 Å². The average molecular weight is 483 g/mol. The molecule has 0 bridgehead atoms. The van der Waals surface area contributed by atoms with E-state index in [0.29, 0.717) is 51.5 Å². The van der Waals surface area contributed by atoms with Crippen molar-refractivity contribution >= 4 is 39.0 Å². The zero-order valence-corrected chi connectivity index (χ0v) is 18.4. The van der Waals surface area contributed by atoms with Gasteiger partial charge in [0, 0.05) is 12.6 Å². The highest BCUT2D eigenvalue weighted by Crippen LogP contribution is 2.37. The Morgan fingerprint density at radius 1 is 1.36 bits per heavy atom. The fraction of sp³-hybridized carbons (Fsp3) is 0.381. The van der Waals surface area contributed by atoms with Crippen LogP contribution in [0.4, 0.5) is 29.1 Å². The first kappa shape index (κ1) is 23.2. The highest BCUT2D eigenvalue weighted by atomic mass is 32.1. The Hall–Kier alpha value is -2.99. The third-order valence-corrected chi connectivity index (χ3v) is 6.52. The van der Waals surface area contributed by atoms with E-state index < -0.39 is 30.5 Å². The summed E-state index contributed by atoms with van der Waals surface area (Å²) in [5, 5.41) is 3.69. The Morgan fingerprint density at radius 2 is 2.15 bits per heavy atom. The van der Waals surface area contributed by atoms with Gasteiger partial charge in [-0.1, -0.05) is 0 Å². The zero-order chi connectivity index (χ0) is 23.8. The van der Waals surface area contributed by atoms with Crippen LogP contribution in [0, 0.1) is 12.7 Å². The Bertz CT molecular complexity index is 1180. The summed E-state index contributed by atoms with van der Waals surface area (Å²) in [6.07, 6.45) is -2.42. The number of rotatable bonds is 6. The lowest BCUT2D eigenvalue weighted by molar-refractivity contribution is -0.150. The first-order valence-electron chi connectivity index (χ1n) is 10.2. The van der Waals surface area contributed by atoms with Crippen LogP contribution in [-0.2, 0) is 0 Å². The smallest absolute Gasteiger partial charge is 0.401 e. The number of likely N-dealkylation sites (tertiary alicyclic amines) is 1. The second-order valence-electron chi connectivity index (χ2n) is 7.82. The van der Waals surface area contributed by atoms with Gasteiger partial charge in [-0.25, -0.2) is 14.4 Å². The number of thiophene rings is 1. The zero-order valence-electron chi connectivity index (χ0n) is 17.6. The molecule has 7 nitrogen and oxygen atoms in total. The van der Waals surface area contributed by atoms with Crippen LogP contribution in [0.25, 0.3) is 10.2 Å². The van der Waals surface area contributed by atoms with Gasteiger partial charge in [-0.2, -0.15) is 13.2 Å². The van der Waals surface area contributed by atoms with Crippen LogP contribution in [0.5, 0.6) is 5.75 Å². The van der Waals surface area contributed by atoms with Crippen molar-refractivity contribution in [2.75, 3.05) is 25.0 Å². The summed E-state index contributed by atoms with van der Waals surface area (Å²) < 4.78 is 58.3. The number of nitrogens with zero attached hydrogens (tertiary/aromatic N) is 3. The molecule has 1 aliphatic rings. The molecule has 4 rings (SSSR count). The van der Waals surface area contributed by atoms with Gasteiger partial charge in [0.1, 0.15) is 34.6 Å². The second-order valence-corrected chi connectivity index (χ2v) is 8.82. The van der Waals surface area contributed by atoms with E-state index in [1.165, 1.54) is 29.4 Å². The largest absolute Gasteiger partial charge is 0.487 e. The van der Waals surface area contributed by atoms with Crippen LogP contribution in [0.3, 0.4) is 0 Å². The van der Waals surface area contributed by atoms with Crippen molar-refractivity contribution in [3.05, 3.63) is 40.8 Å². The normalized spacial score (nSPS) is 17.3. The maximum Gasteiger partial charge on any atom is 0.401 e. The highest BCUT2D eigenvalue weighted by Gasteiger charge is 2.33. The van der Waals surface area contributed by atoms with E-state index in [-0.39, 0.29) is 12.3 Å². The summed E-state index contributed by atoms with van der Waals surface area (Å²) in [6, 6.07) is 3.88. The van der Waals surface area contributed by atoms with E-state index in [1.54, 1.807) is 6.92 Å². The molecular weight excluding hydrogens is 462 g/mol. The third-order valence-electron chi connectivity index (χ3n) is 5.31. The Kier molecular flexibility index (Phi) is 6.39. The molecule has 1 fully saturated rings. The first-order chi connectivity index (χ1) is 15.6. The molecule has 0 radical (unpaired) electrons. The standard InChI is InChI=1S/C21H21F4N5O2S/c1-11-16-19(27-10-28-20(16)33-17(11)18(26)31)29-14-5-4-12(22)7-15(14)32-13-3-2-6-30(8-13)9-21(23,24)25/h4-5,7,10,13H,2-3,6,8-9H2,1H3,(H2,26,31)(H,27,28,29)/t13-/m1/s1. The number of hydrogen-bond donors (Lipinski definition) is 2. The molecule has 3 heterocycles. The fourth-order valence-electron chi connectivity index (χ4n) is 3.91. The maximum absolute atomic E-state index is 14.0. The van der Waals surface area contributed by atoms with Crippen molar-refractivity contribution in [3.63, 3.8) is 0 Å². The lowest BCUT2D eigenvalue weighted by Gasteiger charge is -2.33. The van der Waals surface area contributed by atoms with Gasteiger partial charge in [-0.05, 0) is 44.0 Å². The van der Waals surface area contributed by atoms with Gasteiger partial charge in [0.25, 0.3) is 5.91 Å². The van der Waals surface area contributed by atoms with Gasteiger partial charge in [0.2, 0.25) is 0 Å². The molecule has 12 heteroatoms. The minimum absolute atomic E-state index is 0.0822. The lowest BCUT2D eigenvalue weighted by atomic mass is 10.1. The number of piperidine rings is 1. The molecule has 1 atom stereocenters. The molecule has 0 spiro atoms. The Morgan fingerprint density at radius 3 is 2.88 bits per heavy atom. The van der Waals surface area contributed by atoms with Gasteiger partial charge in [-0.3, -0.25) is 9.69 Å². The highest BCUT2D eigenvalue weighted by molar-refractivity contribution is 7.20. The monoisotopic (exact) mass is 483 g/mol. The topological polar surface area (TPSA) is 93.4 Å². The number of fused-ring (bicyclic) bond motifs is 1. The minimum atomic E-state index is -4.30. The predicted molar refractivity (Wildman–Crippen MR) is 116 cm³/mol. The van der Waals surface area contributed by atoms with Crippen molar-refractivity contribution in [1.29, 1.82) is 0 Å². The molecule has 2 aromatic heterocycles. The number of alkyl halides is 3. The molecule has 33 heavy (non-hydrogen) atoms. The molecule has 1 saturated heterocycles. The predicted octanol–water partition coefficient (Wildman–Crippen LogP) is 4.39. The lowest BCUT2D eigenvalue weighted by Crippen LogP contribution is -2.45. The molecular formula is C21H21F4N5O2S. The summed E-state index contributed by atoms with van der Waals surface area (Å²) in [6.45, 7) is 1.12. The van der Waals surface area contributed by atoms with Crippen molar-refractivity contribution in [2.24, 2.45) is 5.73 Å². The molecule has 1 aliphatic heterocycles. The van der Waals surface area contributed by atoms with E-state index in [1.807, 2.05) is 0 Å². The molecule has 1 amide bonds. The third kappa shape index (κ3) is 5.33. The number of hydrogen-bond acceptors (Lipinski definition) is 7. The Balaban J connectivity index is 1.60. The number of benzene rings is 1. The van der Waals surface area contributed by atoms with E-state index in [0.717, 1.165) is 11.3 Å². The SMILES string of the molecule is Cc1c(C(N)=O)sc2ncnc(Nc3ccc(F)cc3O[C@@H]3CCCN(CC(F)(F)F)C3)c12. The van der Waals surface area contributed by atoms with Crippen molar-refractivity contribution < 1.29 is 27.1 Å². The van der Waals surface area contributed by atoms with Gasteiger partial charge >= 0.3 is 6.18 Å². The van der Waals surface area contributed by atoms with Crippen molar-refractivity contribution in [2.45, 2.75) is 32.0 Å². The van der Waals surface area contributed by atoms with Gasteiger partial charge in [0.05, 0.1) is 22.5 Å². The summed E-state index contributed by atoms with van der Waals surface area (Å²) in [5.41, 5.74) is 6.44. The molecule has 3 aromatic rings. The van der Waals surface area contributed by atoms with Crippen LogP contribution in [0.1, 0.15) is 28.1 Å². The van der Waals surface area contributed by atoms with E-state index in [4.69, 9.17) is 10.5 Å². The Labute approximate surface area is 190 Å². The summed E-state index contributed by atoms with van der Waals surface area (Å²) in [7, 11) is 0. The number of nitrogens with one attached hydrogen (secondary N) is 1. The van der Waals surface area contributed by atoms with Crippen LogP contribution >= 0.6 is 11.3 Å². The van der Waals surface area contributed by atoms with E-state index in [2.05, 4.69) is 15.3 Å². The fourth-order valence-corrected chi connectivity index (χ4v) is 4.91. The van der Waals surface area contributed by atoms with Gasteiger partial charge in [-0.15, -0.1) is 11.3 Å². The number of anilines is 2. The summed E-state index contributed by atoms with van der Waals surface area (Å²) in [4.78, 5) is 22.3. The van der Waals surface area contributed by atoms with Crippen LogP contribution in [0.2, 0.25) is 0 Å². The average Bonchev–Trinajstić information content (AvgIpc) is 3.07. The molecule has 0 unspecified atom stereocenters. The second kappa shape index (κ2) is 9.10. The molecule has 0 saturated carbocycles. The molecule has 0 aliphatic carbocycles. The van der Waals surface area contributed by atoms with Crippen LogP contribution in [-0.4, -0.2) is 52.7 Å². The molecule has 3 N–H and O–H groups in total. The molecule has 1 aromatic carbocycles. The number of ether oxygens (including phenoxy) is 1. The first-order valence-corrected chi connectivity index (χ1v) is 11.0. The van der Waals surface area contributed by atoms with Crippen LogP contribution in [0.15, 0.2) is 24.5 Å². The number of halogens is 4. The maximum atomic E-state index is 14.0. The quantitative estimate of drug-likeness (QED) is 0.506. The number of carbonyl (C=O) groups excluding carboxylic acids is 1. The number of amides is 1. The molecule has 176 valence electrons.